The average Bonchev–Trinajstić information content (AvgIpc) is 2.03. The maximum Gasteiger partial charge on any atom is 1.00 e. The molecular weight excluding hydrogens is 180 g/mol. The molecule has 14 heavy (non-hydrogen) atoms. The van der Waals surface area contributed by atoms with E-state index in [2.05, 4.69) is 4.98 Å². The van der Waals surface area contributed by atoms with Crippen LogP contribution in [0.5, 0.6) is 0 Å². The van der Waals surface area contributed by atoms with Gasteiger partial charge < -0.3 is 10.3 Å². The van der Waals surface area contributed by atoms with Gasteiger partial charge in [0.15, 0.2) is 0 Å². The second-order valence-corrected chi connectivity index (χ2v) is 2.84. The Bertz CT molecular complexity index is 305. The zero-order valence-electron chi connectivity index (χ0n) is 8.41. The zero-order chi connectivity index (χ0) is 9.14. The van der Waals surface area contributed by atoms with Crippen molar-refractivity contribution in [2.75, 3.05) is 0 Å². The number of pyridine rings is 1. The first kappa shape index (κ1) is 15.8. The van der Waals surface area contributed by atoms with Gasteiger partial charge in [-0.05, 0) is 6.20 Å². The van der Waals surface area contributed by atoms with Crippen molar-refractivity contribution in [3.05, 3.63) is 29.3 Å². The minimum atomic E-state index is -0.601. The molecule has 0 spiro atoms. The van der Waals surface area contributed by atoms with Crippen molar-refractivity contribution in [3.8, 4) is 0 Å². The van der Waals surface area contributed by atoms with Gasteiger partial charge in [0.05, 0.1) is 6.29 Å². The normalized spacial score (nSPS) is 8.86. The van der Waals surface area contributed by atoms with Gasteiger partial charge in [-0.25, -0.2) is 0 Å². The fourth-order valence-corrected chi connectivity index (χ4v) is 0.995. The molecule has 0 aliphatic carbocycles. The summed E-state index contributed by atoms with van der Waals surface area (Å²) in [6.07, 6.45) is 4.09. The molecule has 0 saturated carbocycles. The van der Waals surface area contributed by atoms with Crippen LogP contribution in [0.2, 0.25) is 0 Å². The van der Waals surface area contributed by atoms with E-state index in [1.54, 1.807) is 6.29 Å². The molecule has 72 valence electrons. The number of halogens is 1. The summed E-state index contributed by atoms with van der Waals surface area (Å²) in [5.74, 6) is -0.513. The van der Waals surface area contributed by atoms with Crippen molar-refractivity contribution in [3.63, 3.8) is 0 Å². The van der Waals surface area contributed by atoms with E-state index in [1.807, 2.05) is 13.8 Å². The van der Waals surface area contributed by atoms with E-state index < -0.39 is 5.82 Å². The van der Waals surface area contributed by atoms with Crippen LogP contribution in [0.4, 0.5) is 4.39 Å². The number of rotatable bonds is 2. The monoisotopic (exact) mass is 190 g/mol. The molecule has 1 N–H and O–H groups in total. The van der Waals surface area contributed by atoms with Gasteiger partial charge in [0, 0.05) is 12.0 Å². The topological polar surface area (TPSA) is 60.0 Å². The third kappa shape index (κ3) is 3.22. The fourth-order valence-electron chi connectivity index (χ4n) is 0.995. The summed E-state index contributed by atoms with van der Waals surface area (Å²) in [7, 11) is 0. The molecule has 0 radical (unpaired) electrons. The molecule has 0 saturated heterocycles. The molecular formula is C9H10FLiNO2-. The third-order valence-corrected chi connectivity index (χ3v) is 1.65. The van der Waals surface area contributed by atoms with Crippen molar-refractivity contribution in [1.82, 2.24) is 4.98 Å². The number of carbonyl (C=O) groups excluding carboxylic acids is 1. The minimum Gasteiger partial charge on any atom is -0.870 e. The van der Waals surface area contributed by atoms with Crippen LogP contribution in [-0.2, 0) is 4.79 Å². The first-order valence-electron chi connectivity index (χ1n) is 3.68. The fraction of sp³-hybridized carbons (Fsp3) is 0.333. The SMILES string of the molecule is CC(C)c1cncc(F)c1[C-]=O.[Li+].[OH-]. The molecule has 0 aliphatic heterocycles. The summed E-state index contributed by atoms with van der Waals surface area (Å²) in [6, 6.07) is 0. The first-order chi connectivity index (χ1) is 5.66. The van der Waals surface area contributed by atoms with Gasteiger partial charge in [0.1, 0.15) is 0 Å². The summed E-state index contributed by atoms with van der Waals surface area (Å²) < 4.78 is 12.9. The standard InChI is InChI=1S/C9H9FNO.Li.H2O/c1-6(2)7-3-11-4-9(10)8(7)5-12;;/h3-4,6H,1-2H3;;1H2/q-1;+1;/p-1. The van der Waals surface area contributed by atoms with Crippen LogP contribution in [0.3, 0.4) is 0 Å². The van der Waals surface area contributed by atoms with Crippen molar-refractivity contribution < 1.29 is 33.5 Å². The molecule has 1 rings (SSSR count). The first-order valence-corrected chi connectivity index (χ1v) is 3.68. The maximum atomic E-state index is 12.9. The Kier molecular flexibility index (Phi) is 7.56. The molecule has 1 heterocycles. The van der Waals surface area contributed by atoms with Crippen LogP contribution >= 0.6 is 0 Å². The quantitative estimate of drug-likeness (QED) is 0.427. The van der Waals surface area contributed by atoms with E-state index in [4.69, 9.17) is 0 Å². The van der Waals surface area contributed by atoms with Gasteiger partial charge in [-0.3, -0.25) is 9.37 Å². The molecule has 0 amide bonds. The predicted octanol–water partition coefficient (Wildman–Crippen LogP) is -1.37. The molecule has 0 bridgehead atoms. The van der Waals surface area contributed by atoms with Gasteiger partial charge in [-0.1, -0.05) is 19.8 Å². The van der Waals surface area contributed by atoms with Gasteiger partial charge in [0.25, 0.3) is 0 Å². The Morgan fingerprint density at radius 3 is 2.36 bits per heavy atom. The van der Waals surface area contributed by atoms with Crippen LogP contribution in [-0.4, -0.2) is 16.7 Å². The second kappa shape index (κ2) is 6.72. The van der Waals surface area contributed by atoms with Crippen molar-refractivity contribution in [2.24, 2.45) is 0 Å². The molecule has 5 heteroatoms. The number of nitrogens with zero attached hydrogens (tertiary/aromatic N) is 1. The largest absolute Gasteiger partial charge is 1.00 e. The molecule has 0 atom stereocenters. The van der Waals surface area contributed by atoms with Gasteiger partial charge in [-0.2, -0.15) is 0 Å². The zero-order valence-corrected chi connectivity index (χ0v) is 8.41. The van der Waals surface area contributed by atoms with Crippen molar-refractivity contribution in [2.45, 2.75) is 19.8 Å². The maximum absolute atomic E-state index is 12.9. The van der Waals surface area contributed by atoms with E-state index in [-0.39, 0.29) is 35.8 Å². The molecule has 1 aromatic rings. The second-order valence-electron chi connectivity index (χ2n) is 2.84. The molecule has 0 aliphatic rings. The molecule has 0 fully saturated rings. The predicted molar refractivity (Wildman–Crippen MR) is 45.0 cm³/mol. The summed E-state index contributed by atoms with van der Waals surface area (Å²) in [4.78, 5) is 14.0. The third-order valence-electron chi connectivity index (χ3n) is 1.65. The molecule has 1 aromatic heterocycles. The van der Waals surface area contributed by atoms with Gasteiger partial charge in [0.2, 0.25) is 0 Å². The van der Waals surface area contributed by atoms with E-state index in [0.29, 0.717) is 5.56 Å². The number of aromatic nitrogens is 1. The van der Waals surface area contributed by atoms with Crippen LogP contribution < -0.4 is 18.9 Å². The Morgan fingerprint density at radius 1 is 1.43 bits per heavy atom. The summed E-state index contributed by atoms with van der Waals surface area (Å²) in [5.41, 5.74) is 0.602. The number of hydrogen-bond acceptors (Lipinski definition) is 3. The van der Waals surface area contributed by atoms with Gasteiger partial charge >= 0.3 is 18.9 Å². The summed E-state index contributed by atoms with van der Waals surface area (Å²) in [5, 5.41) is 0. The Labute approximate surface area is 94.2 Å². The smallest absolute Gasteiger partial charge is 0.870 e. The average molecular weight is 190 g/mol. The Hall–Kier alpha value is -0.693. The molecule has 0 aromatic carbocycles. The molecule has 0 unspecified atom stereocenters. The summed E-state index contributed by atoms with van der Waals surface area (Å²) >= 11 is 0. The van der Waals surface area contributed by atoms with Crippen LogP contribution in [0.1, 0.15) is 30.9 Å². The Balaban J connectivity index is 0. The minimum absolute atomic E-state index is 0. The van der Waals surface area contributed by atoms with Crippen LogP contribution in [0.25, 0.3) is 0 Å². The van der Waals surface area contributed by atoms with E-state index in [1.165, 1.54) is 6.20 Å². The van der Waals surface area contributed by atoms with E-state index in [9.17, 15) is 9.18 Å². The van der Waals surface area contributed by atoms with Crippen molar-refractivity contribution in [1.29, 1.82) is 0 Å². The van der Waals surface area contributed by atoms with Crippen molar-refractivity contribution >= 4 is 6.29 Å². The van der Waals surface area contributed by atoms with Crippen LogP contribution in [0.15, 0.2) is 12.4 Å². The van der Waals surface area contributed by atoms with E-state index in [0.717, 1.165) is 6.20 Å². The van der Waals surface area contributed by atoms with E-state index >= 15 is 0 Å². The van der Waals surface area contributed by atoms with Gasteiger partial charge in [-0.15, -0.1) is 11.1 Å². The molecule has 3 nitrogen and oxygen atoms in total. The summed E-state index contributed by atoms with van der Waals surface area (Å²) in [6.45, 7) is 3.74. The van der Waals surface area contributed by atoms with Crippen LogP contribution in [0, 0.1) is 5.82 Å². The Morgan fingerprint density at radius 2 is 2.00 bits per heavy atom. The number of hydrogen-bond donors (Lipinski definition) is 0.